The molecule has 1 rings (SSSR count). The Morgan fingerprint density at radius 3 is 2.60 bits per heavy atom. The summed E-state index contributed by atoms with van der Waals surface area (Å²) in [7, 11) is 0. The minimum Gasteiger partial charge on any atom is -0.465 e. The van der Waals surface area contributed by atoms with Crippen LogP contribution in [0.1, 0.15) is 27.2 Å². The van der Waals surface area contributed by atoms with Crippen molar-refractivity contribution in [3.05, 3.63) is 0 Å². The molecule has 0 spiro atoms. The van der Waals surface area contributed by atoms with Crippen LogP contribution in [0, 0.1) is 11.3 Å². The summed E-state index contributed by atoms with van der Waals surface area (Å²) in [5, 5.41) is 0. The predicted molar refractivity (Wildman–Crippen MR) is 60.9 cm³/mol. The van der Waals surface area contributed by atoms with Crippen LogP contribution in [0.2, 0.25) is 0 Å². The lowest BCUT2D eigenvalue weighted by Crippen LogP contribution is -2.39. The molecular formula is C11H18O3S. The molecule has 1 fully saturated rings. The van der Waals surface area contributed by atoms with Gasteiger partial charge in [0.05, 0.1) is 6.61 Å². The van der Waals surface area contributed by atoms with Crippen molar-refractivity contribution in [1.29, 1.82) is 0 Å². The molecule has 0 bridgehead atoms. The number of thioether (sulfide) groups is 1. The van der Waals surface area contributed by atoms with Gasteiger partial charge >= 0.3 is 5.97 Å². The van der Waals surface area contributed by atoms with E-state index < -0.39 is 11.4 Å². The first-order chi connectivity index (χ1) is 7.00. The average molecular weight is 230 g/mol. The lowest BCUT2D eigenvalue weighted by atomic mass is 9.81. The van der Waals surface area contributed by atoms with Crippen molar-refractivity contribution < 1.29 is 14.3 Å². The van der Waals surface area contributed by atoms with E-state index in [2.05, 4.69) is 0 Å². The monoisotopic (exact) mass is 230 g/mol. The summed E-state index contributed by atoms with van der Waals surface area (Å²) < 4.78 is 4.92. The summed E-state index contributed by atoms with van der Waals surface area (Å²) in [6, 6.07) is 0. The lowest BCUT2D eigenvalue weighted by molar-refractivity contribution is -0.158. The van der Waals surface area contributed by atoms with Gasteiger partial charge in [-0.25, -0.2) is 0 Å². The molecule has 1 saturated heterocycles. The van der Waals surface area contributed by atoms with Crippen molar-refractivity contribution in [2.75, 3.05) is 18.1 Å². The minimum atomic E-state index is -0.981. The van der Waals surface area contributed by atoms with Gasteiger partial charge in [-0.1, -0.05) is 0 Å². The highest BCUT2D eigenvalue weighted by Gasteiger charge is 2.42. The second-order valence-electron chi connectivity index (χ2n) is 4.27. The first-order valence-corrected chi connectivity index (χ1v) is 6.45. The zero-order valence-corrected chi connectivity index (χ0v) is 10.4. The normalized spacial score (nSPS) is 21.4. The summed E-state index contributed by atoms with van der Waals surface area (Å²) in [4.78, 5) is 23.7. The van der Waals surface area contributed by atoms with E-state index in [4.69, 9.17) is 4.74 Å². The van der Waals surface area contributed by atoms with Crippen LogP contribution >= 0.6 is 11.8 Å². The van der Waals surface area contributed by atoms with Crippen molar-refractivity contribution in [1.82, 2.24) is 0 Å². The number of carbonyl (C=O) groups excluding carboxylic acids is 2. The standard InChI is InChI=1S/C11H18O3S/c1-4-14-10(13)11(2,3)9(12)8-5-6-15-7-8/h8H,4-7H2,1-3H3. The van der Waals surface area contributed by atoms with Crippen molar-refractivity contribution in [3.63, 3.8) is 0 Å². The van der Waals surface area contributed by atoms with E-state index in [1.807, 2.05) is 0 Å². The quantitative estimate of drug-likeness (QED) is 0.546. The van der Waals surface area contributed by atoms with E-state index in [1.54, 1.807) is 32.5 Å². The summed E-state index contributed by atoms with van der Waals surface area (Å²) >= 11 is 1.78. The van der Waals surface area contributed by atoms with Crippen LogP contribution in [0.25, 0.3) is 0 Å². The van der Waals surface area contributed by atoms with Gasteiger partial charge in [-0.05, 0) is 32.9 Å². The molecule has 86 valence electrons. The molecule has 0 radical (unpaired) electrons. The SMILES string of the molecule is CCOC(=O)C(C)(C)C(=O)C1CCSC1. The van der Waals surface area contributed by atoms with Crippen molar-refractivity contribution in [3.8, 4) is 0 Å². The van der Waals surface area contributed by atoms with Gasteiger partial charge in [0.25, 0.3) is 0 Å². The molecule has 0 N–H and O–H groups in total. The Labute approximate surface area is 94.9 Å². The summed E-state index contributed by atoms with van der Waals surface area (Å²) in [6.45, 7) is 5.41. The maximum absolute atomic E-state index is 12.1. The van der Waals surface area contributed by atoms with Crippen LogP contribution in [0.4, 0.5) is 0 Å². The Hall–Kier alpha value is -0.510. The highest BCUT2D eigenvalue weighted by molar-refractivity contribution is 7.99. The van der Waals surface area contributed by atoms with Gasteiger partial charge < -0.3 is 4.74 Å². The molecule has 0 aromatic rings. The van der Waals surface area contributed by atoms with Crippen molar-refractivity contribution in [2.45, 2.75) is 27.2 Å². The number of hydrogen-bond donors (Lipinski definition) is 0. The summed E-state index contributed by atoms with van der Waals surface area (Å²) in [5.41, 5.74) is -0.981. The zero-order chi connectivity index (χ0) is 11.5. The molecule has 0 aliphatic carbocycles. The van der Waals surface area contributed by atoms with Gasteiger partial charge in [-0.15, -0.1) is 0 Å². The number of Topliss-reactive ketones (excluding diaryl/α,β-unsaturated/α-hetero) is 1. The molecule has 0 aromatic heterocycles. The molecule has 0 aromatic carbocycles. The fraction of sp³-hybridized carbons (Fsp3) is 0.818. The Morgan fingerprint density at radius 2 is 2.13 bits per heavy atom. The van der Waals surface area contributed by atoms with Gasteiger partial charge in [0.15, 0.2) is 5.78 Å². The van der Waals surface area contributed by atoms with Crippen molar-refractivity contribution >= 4 is 23.5 Å². The molecule has 15 heavy (non-hydrogen) atoms. The molecule has 1 unspecified atom stereocenters. The smallest absolute Gasteiger partial charge is 0.319 e. The third kappa shape index (κ3) is 2.74. The molecule has 4 heteroatoms. The van der Waals surface area contributed by atoms with E-state index in [0.29, 0.717) is 6.61 Å². The molecule has 1 aliphatic rings. The van der Waals surface area contributed by atoms with E-state index in [1.165, 1.54) is 0 Å². The van der Waals surface area contributed by atoms with Gasteiger partial charge in [0, 0.05) is 11.7 Å². The first-order valence-electron chi connectivity index (χ1n) is 5.29. The minimum absolute atomic E-state index is 0.0333. The highest BCUT2D eigenvalue weighted by atomic mass is 32.2. The van der Waals surface area contributed by atoms with E-state index in [9.17, 15) is 9.59 Å². The highest BCUT2D eigenvalue weighted by Crippen LogP contribution is 2.31. The summed E-state index contributed by atoms with van der Waals surface area (Å²) in [6.07, 6.45) is 0.895. The Morgan fingerprint density at radius 1 is 1.47 bits per heavy atom. The zero-order valence-electron chi connectivity index (χ0n) is 9.54. The second kappa shape index (κ2) is 5.01. The third-order valence-electron chi connectivity index (χ3n) is 2.70. The number of ketones is 1. The Bertz CT molecular complexity index is 255. The lowest BCUT2D eigenvalue weighted by Gasteiger charge is -2.23. The molecule has 1 atom stereocenters. The van der Waals surface area contributed by atoms with Crippen LogP contribution in [0.5, 0.6) is 0 Å². The topological polar surface area (TPSA) is 43.4 Å². The fourth-order valence-electron chi connectivity index (χ4n) is 1.66. The van der Waals surface area contributed by atoms with Crippen LogP contribution in [0.3, 0.4) is 0 Å². The number of hydrogen-bond acceptors (Lipinski definition) is 4. The van der Waals surface area contributed by atoms with Gasteiger partial charge in [-0.2, -0.15) is 11.8 Å². The average Bonchev–Trinajstić information content (AvgIpc) is 2.69. The van der Waals surface area contributed by atoms with Crippen LogP contribution < -0.4 is 0 Å². The van der Waals surface area contributed by atoms with Gasteiger partial charge in [0.1, 0.15) is 5.41 Å². The fourth-order valence-corrected chi connectivity index (χ4v) is 2.88. The summed E-state index contributed by atoms with van der Waals surface area (Å²) in [5.74, 6) is 1.55. The van der Waals surface area contributed by atoms with Crippen LogP contribution in [0.15, 0.2) is 0 Å². The van der Waals surface area contributed by atoms with Crippen LogP contribution in [-0.2, 0) is 14.3 Å². The van der Waals surface area contributed by atoms with Gasteiger partial charge in [-0.3, -0.25) is 9.59 Å². The van der Waals surface area contributed by atoms with Crippen molar-refractivity contribution in [2.24, 2.45) is 11.3 Å². The molecule has 1 aliphatic heterocycles. The third-order valence-corrected chi connectivity index (χ3v) is 3.86. The largest absolute Gasteiger partial charge is 0.465 e. The first kappa shape index (κ1) is 12.6. The molecular weight excluding hydrogens is 212 g/mol. The number of esters is 1. The number of carbonyl (C=O) groups is 2. The van der Waals surface area contributed by atoms with E-state index in [-0.39, 0.29) is 11.7 Å². The molecule has 0 amide bonds. The number of rotatable bonds is 4. The second-order valence-corrected chi connectivity index (χ2v) is 5.42. The van der Waals surface area contributed by atoms with Crippen LogP contribution in [-0.4, -0.2) is 29.9 Å². The molecule has 0 saturated carbocycles. The molecule has 3 nitrogen and oxygen atoms in total. The van der Waals surface area contributed by atoms with Gasteiger partial charge in [0.2, 0.25) is 0 Å². The Kier molecular flexibility index (Phi) is 4.20. The Balaban J connectivity index is 2.66. The van der Waals surface area contributed by atoms with E-state index >= 15 is 0 Å². The maximum atomic E-state index is 12.1. The predicted octanol–water partition coefficient (Wildman–Crippen LogP) is 1.90. The molecule has 1 heterocycles. The maximum Gasteiger partial charge on any atom is 0.319 e. The number of ether oxygens (including phenoxy) is 1. The van der Waals surface area contributed by atoms with E-state index in [0.717, 1.165) is 17.9 Å².